The normalized spacial score (nSPS) is 21.4. The van der Waals surface area contributed by atoms with Crippen LogP contribution in [0.3, 0.4) is 0 Å². The van der Waals surface area contributed by atoms with Crippen molar-refractivity contribution in [1.29, 1.82) is 0 Å². The Morgan fingerprint density at radius 1 is 1.22 bits per heavy atom. The van der Waals surface area contributed by atoms with Crippen LogP contribution in [0.1, 0.15) is 24.4 Å². The molecular formula is C17H19BrN2O3. The highest BCUT2D eigenvalue weighted by molar-refractivity contribution is 9.10. The molecule has 1 fully saturated rings. The molecule has 0 radical (unpaired) electrons. The number of ether oxygens (including phenoxy) is 1. The number of halogens is 1. The topological polar surface area (TPSA) is 68.7 Å². The first-order valence-corrected chi connectivity index (χ1v) is 8.33. The summed E-state index contributed by atoms with van der Waals surface area (Å²) in [5, 5.41) is 0. The first-order valence-electron chi connectivity index (χ1n) is 7.54. The quantitative estimate of drug-likeness (QED) is 0.811. The molecule has 2 atom stereocenters. The Morgan fingerprint density at radius 3 is 2.57 bits per heavy atom. The van der Waals surface area contributed by atoms with E-state index in [0.717, 1.165) is 10.0 Å². The van der Waals surface area contributed by atoms with Gasteiger partial charge < -0.3 is 19.8 Å². The zero-order valence-electron chi connectivity index (χ0n) is 13.1. The fourth-order valence-electron chi connectivity index (χ4n) is 2.86. The summed E-state index contributed by atoms with van der Waals surface area (Å²) < 4.78 is 12.3. The van der Waals surface area contributed by atoms with E-state index >= 15 is 0 Å². The molecule has 0 spiro atoms. The van der Waals surface area contributed by atoms with Crippen molar-refractivity contribution in [2.75, 3.05) is 18.8 Å². The van der Waals surface area contributed by atoms with Crippen LogP contribution in [0.5, 0.6) is 0 Å². The molecule has 0 bridgehead atoms. The number of hydrogen-bond acceptors (Lipinski definition) is 4. The van der Waals surface area contributed by atoms with Crippen LogP contribution >= 0.6 is 15.9 Å². The Hall–Kier alpha value is -1.79. The van der Waals surface area contributed by atoms with E-state index in [0.29, 0.717) is 30.3 Å². The molecule has 2 heterocycles. The number of carbonyl (C=O) groups is 1. The Labute approximate surface area is 143 Å². The summed E-state index contributed by atoms with van der Waals surface area (Å²) >= 11 is 3.38. The van der Waals surface area contributed by atoms with Gasteiger partial charge in [-0.1, -0.05) is 15.9 Å². The average Bonchev–Trinajstić information content (AvgIpc) is 2.95. The summed E-state index contributed by atoms with van der Waals surface area (Å²) in [6.07, 6.45) is 0.0542. The van der Waals surface area contributed by atoms with Gasteiger partial charge >= 0.3 is 0 Å². The minimum Gasteiger partial charge on any atom is -0.451 e. The van der Waals surface area contributed by atoms with Crippen LogP contribution in [0.25, 0.3) is 11.3 Å². The smallest absolute Gasteiger partial charge is 0.289 e. The number of furan rings is 1. The van der Waals surface area contributed by atoms with Gasteiger partial charge in [0.25, 0.3) is 5.91 Å². The third-order valence-electron chi connectivity index (χ3n) is 3.80. The molecule has 23 heavy (non-hydrogen) atoms. The molecule has 0 unspecified atom stereocenters. The third kappa shape index (κ3) is 3.43. The van der Waals surface area contributed by atoms with Gasteiger partial charge in [0.15, 0.2) is 5.76 Å². The van der Waals surface area contributed by atoms with Crippen LogP contribution in [0.15, 0.2) is 39.2 Å². The van der Waals surface area contributed by atoms with Crippen LogP contribution in [-0.4, -0.2) is 36.1 Å². The molecule has 1 aromatic heterocycles. The Morgan fingerprint density at radius 2 is 1.91 bits per heavy atom. The van der Waals surface area contributed by atoms with E-state index < -0.39 is 0 Å². The lowest BCUT2D eigenvalue weighted by Gasteiger charge is -2.34. The van der Waals surface area contributed by atoms with E-state index in [1.54, 1.807) is 17.0 Å². The maximum atomic E-state index is 12.6. The predicted molar refractivity (Wildman–Crippen MR) is 92.2 cm³/mol. The number of morpholine rings is 1. The molecule has 6 heteroatoms. The Kier molecular flexibility index (Phi) is 4.46. The molecule has 0 aliphatic carbocycles. The minimum absolute atomic E-state index is 0.0271. The highest BCUT2D eigenvalue weighted by atomic mass is 79.9. The number of nitrogen functional groups attached to an aromatic ring is 1. The van der Waals surface area contributed by atoms with Crippen molar-refractivity contribution in [3.63, 3.8) is 0 Å². The number of nitrogens with two attached hydrogens (primary N) is 1. The minimum atomic E-state index is -0.117. The molecule has 1 aromatic carbocycles. The number of anilines is 1. The summed E-state index contributed by atoms with van der Waals surface area (Å²) in [4.78, 5) is 14.4. The van der Waals surface area contributed by atoms with Crippen molar-refractivity contribution in [2.45, 2.75) is 26.1 Å². The molecule has 1 amide bonds. The number of nitrogens with zero attached hydrogens (tertiary/aromatic N) is 1. The number of rotatable bonds is 2. The van der Waals surface area contributed by atoms with Gasteiger partial charge in [0, 0.05) is 28.8 Å². The summed E-state index contributed by atoms with van der Waals surface area (Å²) in [5.74, 6) is 0.797. The Balaban J connectivity index is 1.82. The summed E-state index contributed by atoms with van der Waals surface area (Å²) in [7, 11) is 0. The Bertz CT molecular complexity index is 718. The maximum absolute atomic E-state index is 12.6. The number of hydrogen-bond donors (Lipinski definition) is 1. The molecule has 2 N–H and O–H groups in total. The molecule has 1 aliphatic heterocycles. The van der Waals surface area contributed by atoms with Crippen molar-refractivity contribution in [1.82, 2.24) is 4.90 Å². The van der Waals surface area contributed by atoms with E-state index in [9.17, 15) is 4.79 Å². The van der Waals surface area contributed by atoms with E-state index in [4.69, 9.17) is 14.9 Å². The number of benzene rings is 1. The van der Waals surface area contributed by atoms with Crippen LogP contribution in [-0.2, 0) is 4.74 Å². The largest absolute Gasteiger partial charge is 0.451 e. The number of carbonyl (C=O) groups excluding carboxylic acids is 1. The zero-order chi connectivity index (χ0) is 16.6. The molecule has 122 valence electrons. The van der Waals surface area contributed by atoms with Crippen molar-refractivity contribution in [3.8, 4) is 11.3 Å². The molecule has 1 saturated heterocycles. The molecule has 2 aromatic rings. The van der Waals surface area contributed by atoms with Gasteiger partial charge in [0.1, 0.15) is 5.76 Å². The van der Waals surface area contributed by atoms with Gasteiger partial charge in [0.05, 0.1) is 12.2 Å². The molecular weight excluding hydrogens is 360 g/mol. The molecule has 0 saturated carbocycles. The van der Waals surface area contributed by atoms with E-state index in [2.05, 4.69) is 15.9 Å². The van der Waals surface area contributed by atoms with Crippen LogP contribution < -0.4 is 5.73 Å². The van der Waals surface area contributed by atoms with Crippen LogP contribution in [0.4, 0.5) is 5.69 Å². The zero-order valence-corrected chi connectivity index (χ0v) is 14.7. The second-order valence-corrected chi connectivity index (χ2v) is 6.78. The average molecular weight is 379 g/mol. The van der Waals surface area contributed by atoms with E-state index in [1.807, 2.05) is 32.0 Å². The SMILES string of the molecule is C[C@@H]1CN(C(=O)c2ccc(-c3ccc(Br)cc3N)o2)C[C@@H](C)O1. The monoisotopic (exact) mass is 378 g/mol. The maximum Gasteiger partial charge on any atom is 0.289 e. The second kappa shape index (κ2) is 6.37. The van der Waals surface area contributed by atoms with Crippen LogP contribution in [0.2, 0.25) is 0 Å². The fraction of sp³-hybridized carbons (Fsp3) is 0.353. The molecule has 5 nitrogen and oxygen atoms in total. The second-order valence-electron chi connectivity index (χ2n) is 5.86. The van der Waals surface area contributed by atoms with Gasteiger partial charge in [-0.3, -0.25) is 4.79 Å². The van der Waals surface area contributed by atoms with Gasteiger partial charge in [0.2, 0.25) is 0 Å². The predicted octanol–water partition coefficient (Wildman–Crippen LogP) is 3.54. The lowest BCUT2D eigenvalue weighted by molar-refractivity contribution is -0.0592. The first kappa shape index (κ1) is 16.1. The summed E-state index contributed by atoms with van der Waals surface area (Å²) in [6, 6.07) is 9.04. The van der Waals surface area contributed by atoms with Crippen molar-refractivity contribution >= 4 is 27.5 Å². The van der Waals surface area contributed by atoms with E-state index in [-0.39, 0.29) is 18.1 Å². The highest BCUT2D eigenvalue weighted by Crippen LogP contribution is 2.30. The van der Waals surface area contributed by atoms with E-state index in [1.165, 1.54) is 0 Å². The van der Waals surface area contributed by atoms with Gasteiger partial charge in [-0.25, -0.2) is 0 Å². The highest BCUT2D eigenvalue weighted by Gasteiger charge is 2.28. The number of amides is 1. The third-order valence-corrected chi connectivity index (χ3v) is 4.30. The first-order chi connectivity index (χ1) is 10.9. The molecule has 3 rings (SSSR count). The van der Waals surface area contributed by atoms with Crippen molar-refractivity contribution < 1.29 is 13.9 Å². The van der Waals surface area contributed by atoms with Crippen molar-refractivity contribution in [3.05, 3.63) is 40.6 Å². The van der Waals surface area contributed by atoms with Gasteiger partial charge in [-0.15, -0.1) is 0 Å². The lowest BCUT2D eigenvalue weighted by Crippen LogP contribution is -2.48. The summed E-state index contributed by atoms with van der Waals surface area (Å²) in [6.45, 7) is 5.07. The van der Waals surface area contributed by atoms with Gasteiger partial charge in [-0.05, 0) is 44.2 Å². The van der Waals surface area contributed by atoms with Crippen molar-refractivity contribution in [2.24, 2.45) is 0 Å². The summed E-state index contributed by atoms with van der Waals surface area (Å²) in [5.41, 5.74) is 7.39. The molecule has 1 aliphatic rings. The fourth-order valence-corrected chi connectivity index (χ4v) is 3.23. The van der Waals surface area contributed by atoms with Gasteiger partial charge in [-0.2, -0.15) is 0 Å². The standard InChI is InChI=1S/C17H19BrN2O3/c1-10-8-20(9-11(2)22-10)17(21)16-6-5-15(23-16)13-4-3-12(18)7-14(13)19/h3-7,10-11H,8-9,19H2,1-2H3/t10-,11-/m1/s1. The van der Waals surface area contributed by atoms with Crippen LogP contribution in [0, 0.1) is 0 Å². The lowest BCUT2D eigenvalue weighted by atomic mass is 10.1.